The monoisotopic (exact) mass is 421 g/mol. The zero-order chi connectivity index (χ0) is 20.5. The number of unbranched alkanes of at least 4 members (excludes halogenated alkanes) is 9. The minimum absolute atomic E-state index is 0.330. The number of nitrogens with one attached hydrogen (secondary N) is 1. The van der Waals surface area contributed by atoms with Gasteiger partial charge in [-0.2, -0.15) is 0 Å². The molecule has 0 rings (SSSR count). The third kappa shape index (κ3) is 18.6. The number of amides is 1. The van der Waals surface area contributed by atoms with Crippen molar-refractivity contribution in [1.29, 1.82) is 0 Å². The largest absolute Gasteiger partial charge is 0.480 e. The number of carboxylic acid groups (broad SMARTS) is 1. The zero-order valence-corrected chi connectivity index (χ0v) is 19.2. The lowest BCUT2D eigenvalue weighted by molar-refractivity contribution is -0.138. The molecule has 1 amide bonds. The Balaban J connectivity index is 3.62. The highest BCUT2D eigenvalue weighted by Crippen LogP contribution is 2.24. The van der Waals surface area contributed by atoms with Crippen LogP contribution in [0.1, 0.15) is 91.9 Å². The average Bonchev–Trinajstić information content (AvgIpc) is 2.56. The molecule has 0 heterocycles. The van der Waals surface area contributed by atoms with Crippen molar-refractivity contribution in [2.75, 3.05) is 11.5 Å². The van der Waals surface area contributed by atoms with Gasteiger partial charge in [0.05, 0.1) is 0 Å². The Morgan fingerprint density at radius 1 is 0.926 bits per heavy atom. The summed E-state index contributed by atoms with van der Waals surface area (Å²) in [5.41, 5.74) is -0.634. The maximum atomic E-state index is 11.7. The van der Waals surface area contributed by atoms with Gasteiger partial charge in [-0.3, -0.25) is 0 Å². The van der Waals surface area contributed by atoms with E-state index in [4.69, 9.17) is 4.74 Å². The lowest BCUT2D eigenvalue weighted by Gasteiger charge is -2.21. The highest BCUT2D eigenvalue weighted by atomic mass is 33.1. The summed E-state index contributed by atoms with van der Waals surface area (Å²) >= 11 is 0. The van der Waals surface area contributed by atoms with Crippen LogP contribution < -0.4 is 5.32 Å². The van der Waals surface area contributed by atoms with E-state index in [-0.39, 0.29) is 0 Å². The van der Waals surface area contributed by atoms with E-state index in [1.807, 2.05) is 0 Å². The van der Waals surface area contributed by atoms with E-state index in [1.165, 1.54) is 68.6 Å². The molecule has 0 unspecified atom stereocenters. The van der Waals surface area contributed by atoms with E-state index in [2.05, 4.69) is 12.2 Å². The first kappa shape index (κ1) is 26.4. The summed E-state index contributed by atoms with van der Waals surface area (Å²) < 4.78 is 5.11. The van der Waals surface area contributed by atoms with Crippen LogP contribution in [0.15, 0.2) is 0 Å². The molecule has 2 N–H and O–H groups in total. The van der Waals surface area contributed by atoms with Crippen LogP contribution in [-0.2, 0) is 9.53 Å². The lowest BCUT2D eigenvalue weighted by Crippen LogP contribution is -2.44. The number of carbonyl (C=O) groups excluding carboxylic acids is 1. The summed E-state index contributed by atoms with van der Waals surface area (Å²) in [7, 11) is 3.17. The summed E-state index contributed by atoms with van der Waals surface area (Å²) in [6, 6.07) is -0.926. The Labute approximate surface area is 173 Å². The van der Waals surface area contributed by atoms with E-state index in [0.717, 1.165) is 12.2 Å². The van der Waals surface area contributed by atoms with Gasteiger partial charge in [0.1, 0.15) is 11.6 Å². The number of rotatable bonds is 16. The van der Waals surface area contributed by atoms with Crippen molar-refractivity contribution in [2.24, 2.45) is 0 Å². The predicted molar refractivity (Wildman–Crippen MR) is 118 cm³/mol. The van der Waals surface area contributed by atoms with Gasteiger partial charge in [-0.25, -0.2) is 9.59 Å². The molecule has 0 saturated carbocycles. The quantitative estimate of drug-likeness (QED) is 0.226. The van der Waals surface area contributed by atoms with E-state index >= 15 is 0 Å². The number of hydrogen-bond donors (Lipinski definition) is 2. The first-order valence-electron chi connectivity index (χ1n) is 10.2. The van der Waals surface area contributed by atoms with Gasteiger partial charge in [-0.05, 0) is 27.2 Å². The third-order valence-electron chi connectivity index (χ3n) is 3.89. The minimum Gasteiger partial charge on any atom is -0.480 e. The normalized spacial score (nSPS) is 12.6. The van der Waals surface area contributed by atoms with Crippen molar-refractivity contribution in [3.63, 3.8) is 0 Å². The molecule has 27 heavy (non-hydrogen) atoms. The van der Waals surface area contributed by atoms with Crippen LogP contribution in [0.4, 0.5) is 4.79 Å². The van der Waals surface area contributed by atoms with Crippen LogP contribution in [0.3, 0.4) is 0 Å². The van der Waals surface area contributed by atoms with Crippen molar-refractivity contribution in [3.05, 3.63) is 0 Å². The molecule has 0 spiro atoms. The first-order valence-corrected chi connectivity index (χ1v) is 12.7. The van der Waals surface area contributed by atoms with Crippen molar-refractivity contribution >= 4 is 33.7 Å². The van der Waals surface area contributed by atoms with E-state index in [1.54, 1.807) is 31.6 Å². The van der Waals surface area contributed by atoms with Gasteiger partial charge in [0.15, 0.2) is 0 Å². The Morgan fingerprint density at radius 2 is 1.44 bits per heavy atom. The summed E-state index contributed by atoms with van der Waals surface area (Å²) in [6.07, 6.45) is 12.5. The Bertz CT molecular complexity index is 400. The molecule has 0 aromatic rings. The molecule has 0 aromatic heterocycles. The number of aliphatic carboxylic acids is 1. The third-order valence-corrected chi connectivity index (χ3v) is 6.39. The SMILES string of the molecule is CCCCCCCCCCCCSSC[C@H](NC(=O)OC(C)(C)C)C(=O)O. The predicted octanol–water partition coefficient (Wildman–Crippen LogP) is 6.27. The zero-order valence-electron chi connectivity index (χ0n) is 17.6. The number of ether oxygens (including phenoxy) is 1. The Hall–Kier alpha value is -0.560. The fraction of sp³-hybridized carbons (Fsp3) is 0.900. The molecule has 0 radical (unpaired) electrons. The van der Waals surface area contributed by atoms with Gasteiger partial charge >= 0.3 is 12.1 Å². The number of carbonyl (C=O) groups is 2. The molecular formula is C20H39NO4S2. The molecule has 5 nitrogen and oxygen atoms in total. The van der Waals surface area contributed by atoms with Gasteiger partial charge in [0, 0.05) is 11.5 Å². The summed E-state index contributed by atoms with van der Waals surface area (Å²) in [5.74, 6) is 0.310. The summed E-state index contributed by atoms with van der Waals surface area (Å²) in [5, 5.41) is 11.6. The second kappa shape index (κ2) is 16.4. The Morgan fingerprint density at radius 3 is 1.93 bits per heavy atom. The van der Waals surface area contributed by atoms with Crippen LogP contribution in [0.2, 0.25) is 0 Å². The lowest BCUT2D eigenvalue weighted by atomic mass is 10.1. The summed E-state index contributed by atoms with van der Waals surface area (Å²) in [6.45, 7) is 7.49. The van der Waals surface area contributed by atoms with Gasteiger partial charge < -0.3 is 15.2 Å². The molecule has 0 aromatic carbocycles. The van der Waals surface area contributed by atoms with Crippen molar-refractivity contribution in [3.8, 4) is 0 Å². The highest BCUT2D eigenvalue weighted by Gasteiger charge is 2.23. The van der Waals surface area contributed by atoms with Crippen molar-refractivity contribution < 1.29 is 19.4 Å². The molecule has 0 aliphatic carbocycles. The molecule has 0 aliphatic rings. The van der Waals surface area contributed by atoms with Gasteiger partial charge in [0.2, 0.25) is 0 Å². The molecule has 160 valence electrons. The topological polar surface area (TPSA) is 75.6 Å². The Kier molecular flexibility index (Phi) is 16.1. The fourth-order valence-electron chi connectivity index (χ4n) is 2.45. The molecule has 0 aliphatic heterocycles. The first-order chi connectivity index (χ1) is 12.8. The van der Waals surface area contributed by atoms with Crippen LogP contribution in [0.25, 0.3) is 0 Å². The highest BCUT2D eigenvalue weighted by molar-refractivity contribution is 8.76. The smallest absolute Gasteiger partial charge is 0.408 e. The number of hydrogen-bond acceptors (Lipinski definition) is 5. The second-order valence-corrected chi connectivity index (χ2v) is 10.5. The second-order valence-electron chi connectivity index (χ2n) is 7.83. The minimum atomic E-state index is -1.03. The van der Waals surface area contributed by atoms with E-state index in [9.17, 15) is 14.7 Å². The van der Waals surface area contributed by atoms with Crippen LogP contribution >= 0.6 is 21.6 Å². The van der Waals surface area contributed by atoms with Gasteiger partial charge in [-0.1, -0.05) is 86.3 Å². The number of alkyl carbamates (subject to hydrolysis) is 1. The molecule has 0 bridgehead atoms. The molecular weight excluding hydrogens is 382 g/mol. The van der Waals surface area contributed by atoms with Crippen molar-refractivity contribution in [2.45, 2.75) is 104 Å². The molecule has 7 heteroatoms. The van der Waals surface area contributed by atoms with Gasteiger partial charge in [0.25, 0.3) is 0 Å². The van der Waals surface area contributed by atoms with Crippen molar-refractivity contribution in [1.82, 2.24) is 5.32 Å². The van der Waals surface area contributed by atoms with E-state index < -0.39 is 23.7 Å². The molecule has 0 fully saturated rings. The standard InChI is InChI=1S/C20H39NO4S2/c1-5-6-7-8-9-10-11-12-13-14-15-26-27-16-17(18(22)23)21-19(24)25-20(2,3)4/h17H,5-16H2,1-4H3,(H,21,24)(H,22,23)/t17-/m0/s1. The average molecular weight is 422 g/mol. The number of carboxylic acids is 1. The fourth-order valence-corrected chi connectivity index (χ4v) is 4.75. The van der Waals surface area contributed by atoms with E-state index in [0.29, 0.717) is 5.75 Å². The van der Waals surface area contributed by atoms with Crippen LogP contribution in [-0.4, -0.2) is 40.3 Å². The maximum absolute atomic E-state index is 11.7. The molecule has 0 saturated heterocycles. The van der Waals surface area contributed by atoms with Crippen LogP contribution in [0, 0.1) is 0 Å². The maximum Gasteiger partial charge on any atom is 0.408 e. The van der Waals surface area contributed by atoms with Gasteiger partial charge in [-0.15, -0.1) is 0 Å². The summed E-state index contributed by atoms with van der Waals surface area (Å²) in [4.78, 5) is 23.0. The molecule has 1 atom stereocenters. The van der Waals surface area contributed by atoms with Crippen LogP contribution in [0.5, 0.6) is 0 Å².